The van der Waals surface area contributed by atoms with Gasteiger partial charge in [-0.05, 0) is 45.1 Å². The van der Waals surface area contributed by atoms with Crippen molar-refractivity contribution in [1.29, 1.82) is 0 Å². The van der Waals surface area contributed by atoms with Gasteiger partial charge in [0, 0.05) is 9.75 Å². The third kappa shape index (κ3) is 4.30. The van der Waals surface area contributed by atoms with E-state index >= 15 is 0 Å². The van der Waals surface area contributed by atoms with Crippen LogP contribution >= 0.6 is 22.7 Å². The molecule has 2 aromatic heterocycles. The van der Waals surface area contributed by atoms with Crippen LogP contribution in [0.2, 0.25) is 12.1 Å². The Bertz CT molecular complexity index is 639. The van der Waals surface area contributed by atoms with Gasteiger partial charge in [-0.25, -0.2) is 0 Å². The van der Waals surface area contributed by atoms with E-state index in [9.17, 15) is 0 Å². The fourth-order valence-corrected chi connectivity index (χ4v) is 15.2. The van der Waals surface area contributed by atoms with Gasteiger partial charge in [-0.1, -0.05) is 91.2 Å². The fourth-order valence-electron chi connectivity index (χ4n) is 5.26. The molecule has 0 amide bonds. The second kappa shape index (κ2) is 9.89. The summed E-state index contributed by atoms with van der Waals surface area (Å²) in [6, 6.07) is 8.08. The summed E-state index contributed by atoms with van der Waals surface area (Å²) in [5.41, 5.74) is 0. The SMILES string of the molecule is CCCCC(CC)C[Si]1(CC(CC)CCCC)c2ccsc2-c2sccc21. The molecule has 0 aliphatic carbocycles. The molecule has 0 bridgehead atoms. The lowest BCUT2D eigenvalue weighted by atomic mass is 10.0. The minimum Gasteiger partial charge on any atom is -0.143 e. The quantitative estimate of drug-likeness (QED) is 0.309. The molecular weight excluding hydrogens is 380 g/mol. The molecule has 0 aromatic carbocycles. The molecule has 0 radical (unpaired) electrons. The Kier molecular flexibility index (Phi) is 7.81. The molecule has 0 saturated carbocycles. The average Bonchev–Trinajstić information content (AvgIpc) is 3.39. The second-order valence-corrected chi connectivity index (χ2v) is 14.5. The summed E-state index contributed by atoms with van der Waals surface area (Å²) in [7, 11) is -1.62. The van der Waals surface area contributed by atoms with E-state index in [2.05, 4.69) is 50.6 Å². The normalized spacial score (nSPS) is 16.9. The highest BCUT2D eigenvalue weighted by molar-refractivity contribution is 7.27. The first kappa shape index (κ1) is 21.3. The van der Waals surface area contributed by atoms with Crippen LogP contribution in [0.5, 0.6) is 0 Å². The van der Waals surface area contributed by atoms with Gasteiger partial charge >= 0.3 is 0 Å². The monoisotopic (exact) mass is 418 g/mol. The zero-order valence-electron chi connectivity index (χ0n) is 17.9. The molecule has 3 heteroatoms. The van der Waals surface area contributed by atoms with Crippen LogP contribution in [0.1, 0.15) is 79.1 Å². The fraction of sp³-hybridized carbons (Fsp3) is 0.667. The molecule has 1 aliphatic rings. The van der Waals surface area contributed by atoms with E-state index in [-0.39, 0.29) is 0 Å². The molecule has 2 aromatic rings. The first-order valence-corrected chi connectivity index (χ1v) is 15.5. The van der Waals surface area contributed by atoms with Crippen molar-refractivity contribution < 1.29 is 0 Å². The lowest BCUT2D eigenvalue weighted by Crippen LogP contribution is -2.56. The Morgan fingerprint density at radius 3 is 1.56 bits per heavy atom. The maximum Gasteiger partial charge on any atom is 0.122 e. The van der Waals surface area contributed by atoms with Crippen LogP contribution in [0, 0.1) is 11.8 Å². The topological polar surface area (TPSA) is 0 Å². The van der Waals surface area contributed by atoms with Crippen LogP contribution in [0.3, 0.4) is 0 Å². The molecule has 0 N–H and O–H groups in total. The summed E-state index contributed by atoms with van der Waals surface area (Å²) in [5, 5.41) is 8.41. The van der Waals surface area contributed by atoms with Gasteiger partial charge in [0.25, 0.3) is 0 Å². The molecular formula is C24H38S2Si. The summed E-state index contributed by atoms with van der Waals surface area (Å²) in [6.45, 7) is 9.58. The van der Waals surface area contributed by atoms with Crippen molar-refractivity contribution in [3.05, 3.63) is 22.9 Å². The Morgan fingerprint density at radius 2 is 1.19 bits per heavy atom. The highest BCUT2D eigenvalue weighted by Gasteiger charge is 2.48. The van der Waals surface area contributed by atoms with Gasteiger partial charge < -0.3 is 0 Å². The number of unbranched alkanes of at least 4 members (excludes halogenated alkanes) is 2. The van der Waals surface area contributed by atoms with Crippen molar-refractivity contribution in [3.8, 4) is 9.75 Å². The summed E-state index contributed by atoms with van der Waals surface area (Å²) in [5.74, 6) is 1.83. The Morgan fingerprint density at radius 1 is 0.741 bits per heavy atom. The molecule has 150 valence electrons. The van der Waals surface area contributed by atoms with Gasteiger partial charge in [0.2, 0.25) is 0 Å². The van der Waals surface area contributed by atoms with Crippen LogP contribution in [0.15, 0.2) is 22.9 Å². The number of fused-ring (bicyclic) bond motifs is 3. The Balaban J connectivity index is 1.97. The van der Waals surface area contributed by atoms with Crippen molar-refractivity contribution in [3.63, 3.8) is 0 Å². The first-order chi connectivity index (χ1) is 13.2. The zero-order chi connectivity index (χ0) is 19.3. The van der Waals surface area contributed by atoms with Crippen molar-refractivity contribution in [2.75, 3.05) is 0 Å². The number of rotatable bonds is 12. The molecule has 0 saturated heterocycles. The summed E-state index contributed by atoms with van der Waals surface area (Å²) in [4.78, 5) is 3.31. The van der Waals surface area contributed by atoms with E-state index < -0.39 is 8.07 Å². The standard InChI is InChI=1S/C24H38S2Si/c1-5-9-11-19(7-3)17-27(18-20(8-4)12-10-6-2)21-13-15-25-23(21)24-22(27)14-16-26-24/h13-16,19-20H,5-12,17-18H2,1-4H3. The van der Waals surface area contributed by atoms with Gasteiger partial charge in [0.05, 0.1) is 0 Å². The molecule has 3 rings (SSSR count). The van der Waals surface area contributed by atoms with Crippen molar-refractivity contribution in [2.24, 2.45) is 11.8 Å². The highest BCUT2D eigenvalue weighted by atomic mass is 32.1. The molecule has 2 unspecified atom stereocenters. The predicted octanol–water partition coefficient (Wildman–Crippen LogP) is 7.79. The van der Waals surface area contributed by atoms with E-state index in [0.29, 0.717) is 0 Å². The zero-order valence-corrected chi connectivity index (χ0v) is 20.5. The van der Waals surface area contributed by atoms with Crippen LogP contribution in [0.4, 0.5) is 0 Å². The predicted molar refractivity (Wildman–Crippen MR) is 129 cm³/mol. The lowest BCUT2D eigenvalue weighted by molar-refractivity contribution is 0.469. The van der Waals surface area contributed by atoms with E-state index in [1.54, 1.807) is 9.75 Å². The molecule has 2 atom stereocenters. The minimum absolute atomic E-state index is 0.916. The summed E-state index contributed by atoms with van der Waals surface area (Å²) < 4.78 is 0. The third-order valence-corrected chi connectivity index (χ3v) is 14.7. The van der Waals surface area contributed by atoms with E-state index in [1.165, 1.54) is 63.5 Å². The number of hydrogen-bond acceptors (Lipinski definition) is 2. The largest absolute Gasteiger partial charge is 0.143 e. The smallest absolute Gasteiger partial charge is 0.122 e. The van der Waals surface area contributed by atoms with E-state index in [0.717, 1.165) is 11.8 Å². The molecule has 27 heavy (non-hydrogen) atoms. The molecule has 0 nitrogen and oxygen atoms in total. The summed E-state index contributed by atoms with van der Waals surface area (Å²) >= 11 is 4.02. The van der Waals surface area contributed by atoms with Crippen LogP contribution in [-0.4, -0.2) is 8.07 Å². The maximum absolute atomic E-state index is 2.54. The van der Waals surface area contributed by atoms with Gasteiger partial charge in [-0.2, -0.15) is 0 Å². The maximum atomic E-state index is 2.54. The Hall–Kier alpha value is -0.383. The van der Waals surface area contributed by atoms with Gasteiger partial charge in [-0.15, -0.1) is 22.7 Å². The van der Waals surface area contributed by atoms with Crippen molar-refractivity contribution in [1.82, 2.24) is 0 Å². The van der Waals surface area contributed by atoms with Crippen LogP contribution in [0.25, 0.3) is 9.75 Å². The van der Waals surface area contributed by atoms with E-state index in [4.69, 9.17) is 0 Å². The average molecular weight is 419 g/mol. The van der Waals surface area contributed by atoms with Crippen molar-refractivity contribution >= 4 is 41.1 Å². The van der Waals surface area contributed by atoms with Crippen LogP contribution in [-0.2, 0) is 0 Å². The second-order valence-electron chi connectivity index (χ2n) is 8.65. The highest BCUT2D eigenvalue weighted by Crippen LogP contribution is 2.43. The molecule has 0 spiro atoms. The first-order valence-electron chi connectivity index (χ1n) is 11.4. The van der Waals surface area contributed by atoms with Gasteiger partial charge in [-0.3, -0.25) is 0 Å². The Labute approximate surface area is 176 Å². The molecule has 0 fully saturated rings. The van der Waals surface area contributed by atoms with Gasteiger partial charge in [0.15, 0.2) is 0 Å². The number of hydrogen-bond donors (Lipinski definition) is 0. The van der Waals surface area contributed by atoms with Crippen molar-refractivity contribution in [2.45, 2.75) is 91.1 Å². The molecule has 3 heterocycles. The van der Waals surface area contributed by atoms with Gasteiger partial charge in [0.1, 0.15) is 8.07 Å². The lowest BCUT2D eigenvalue weighted by Gasteiger charge is -2.35. The summed E-state index contributed by atoms with van der Waals surface area (Å²) in [6.07, 6.45) is 11.1. The molecule has 1 aliphatic heterocycles. The third-order valence-electron chi connectivity index (χ3n) is 6.93. The van der Waals surface area contributed by atoms with E-state index in [1.807, 2.05) is 33.0 Å². The minimum atomic E-state index is -1.62. The number of thiophene rings is 2. The van der Waals surface area contributed by atoms with Crippen LogP contribution < -0.4 is 10.4 Å².